The molecule has 6 nitrogen and oxygen atoms in total. The van der Waals surface area contributed by atoms with E-state index in [0.717, 1.165) is 29.9 Å². The van der Waals surface area contributed by atoms with E-state index >= 15 is 0 Å². The molecule has 1 aromatic carbocycles. The summed E-state index contributed by atoms with van der Waals surface area (Å²) in [6, 6.07) is 7.46. The predicted octanol–water partition coefficient (Wildman–Crippen LogP) is 2.37. The van der Waals surface area contributed by atoms with Crippen LogP contribution in [0.1, 0.15) is 36.1 Å². The molecule has 0 N–H and O–H groups in total. The summed E-state index contributed by atoms with van der Waals surface area (Å²) >= 11 is 0. The standard InChI is InChI=1S/C16H20N2O4S/c1-21-13-7-5-12(6-8-13)10-14-11-17-16(22-14)15-4-3-9-18(15)23(2,19)20/h5-8,11,15H,3-4,9-10H2,1-2H3/t15-/m0/s1. The number of oxazole rings is 1. The van der Waals surface area contributed by atoms with Gasteiger partial charge in [0.2, 0.25) is 15.9 Å². The van der Waals surface area contributed by atoms with E-state index in [1.165, 1.54) is 10.6 Å². The molecule has 1 fully saturated rings. The fraction of sp³-hybridized carbons (Fsp3) is 0.438. The Balaban J connectivity index is 1.75. The monoisotopic (exact) mass is 336 g/mol. The first-order chi connectivity index (χ1) is 11.0. The lowest BCUT2D eigenvalue weighted by atomic mass is 10.1. The molecule has 3 rings (SSSR count). The number of sulfonamides is 1. The van der Waals surface area contributed by atoms with E-state index in [0.29, 0.717) is 18.9 Å². The number of benzene rings is 1. The van der Waals surface area contributed by atoms with Crippen molar-refractivity contribution in [2.75, 3.05) is 19.9 Å². The summed E-state index contributed by atoms with van der Waals surface area (Å²) in [5.74, 6) is 2.02. The minimum Gasteiger partial charge on any atom is -0.497 e. The largest absolute Gasteiger partial charge is 0.497 e. The smallest absolute Gasteiger partial charge is 0.212 e. The molecule has 2 heterocycles. The van der Waals surface area contributed by atoms with Crippen LogP contribution < -0.4 is 4.74 Å². The van der Waals surface area contributed by atoms with Gasteiger partial charge in [0.25, 0.3) is 0 Å². The molecule has 1 aliphatic rings. The van der Waals surface area contributed by atoms with Gasteiger partial charge in [-0.05, 0) is 30.5 Å². The number of nitrogens with zero attached hydrogens (tertiary/aromatic N) is 2. The van der Waals surface area contributed by atoms with E-state index in [4.69, 9.17) is 9.15 Å². The third-order valence-corrected chi connectivity index (χ3v) is 5.31. The van der Waals surface area contributed by atoms with Crippen LogP contribution in [0.5, 0.6) is 5.75 Å². The molecule has 1 saturated heterocycles. The molecule has 0 radical (unpaired) electrons. The van der Waals surface area contributed by atoms with E-state index in [2.05, 4.69) is 4.98 Å². The zero-order chi connectivity index (χ0) is 16.4. The van der Waals surface area contributed by atoms with Gasteiger partial charge in [0.15, 0.2) is 0 Å². The molecule has 1 aliphatic heterocycles. The Hall–Kier alpha value is -1.86. The Bertz CT molecular complexity index is 768. The van der Waals surface area contributed by atoms with E-state index in [9.17, 15) is 8.42 Å². The number of rotatable bonds is 5. The lowest BCUT2D eigenvalue weighted by Crippen LogP contribution is -2.29. The van der Waals surface area contributed by atoms with Gasteiger partial charge < -0.3 is 9.15 Å². The van der Waals surface area contributed by atoms with Crippen molar-refractivity contribution in [3.05, 3.63) is 47.7 Å². The highest BCUT2D eigenvalue weighted by Gasteiger charge is 2.35. The number of hydrogen-bond acceptors (Lipinski definition) is 5. The first-order valence-electron chi connectivity index (χ1n) is 7.52. The molecule has 0 amide bonds. The van der Waals surface area contributed by atoms with E-state index in [1.807, 2.05) is 24.3 Å². The average Bonchev–Trinajstić information content (AvgIpc) is 3.15. The van der Waals surface area contributed by atoms with Gasteiger partial charge in [0, 0.05) is 13.0 Å². The maximum absolute atomic E-state index is 11.8. The summed E-state index contributed by atoms with van der Waals surface area (Å²) in [6.45, 7) is 0.527. The van der Waals surface area contributed by atoms with E-state index < -0.39 is 10.0 Å². The number of ether oxygens (including phenoxy) is 1. The molecule has 0 saturated carbocycles. The molecular weight excluding hydrogens is 316 g/mol. The Labute approximate surface area is 136 Å². The Morgan fingerprint density at radius 1 is 1.35 bits per heavy atom. The Morgan fingerprint density at radius 3 is 2.74 bits per heavy atom. The minimum atomic E-state index is -3.24. The van der Waals surface area contributed by atoms with Gasteiger partial charge in [0.1, 0.15) is 17.6 Å². The van der Waals surface area contributed by atoms with E-state index in [-0.39, 0.29) is 6.04 Å². The topological polar surface area (TPSA) is 72.6 Å². The molecule has 2 aromatic rings. The number of aromatic nitrogens is 1. The van der Waals surface area contributed by atoms with Crippen molar-refractivity contribution in [2.45, 2.75) is 25.3 Å². The molecule has 1 atom stereocenters. The van der Waals surface area contributed by atoms with Crippen LogP contribution >= 0.6 is 0 Å². The zero-order valence-corrected chi connectivity index (χ0v) is 14.0. The van der Waals surface area contributed by atoms with Gasteiger partial charge in [0.05, 0.1) is 19.6 Å². The zero-order valence-electron chi connectivity index (χ0n) is 13.2. The van der Waals surface area contributed by atoms with Crippen LogP contribution in [-0.2, 0) is 16.4 Å². The quantitative estimate of drug-likeness (QED) is 0.838. The maximum Gasteiger partial charge on any atom is 0.212 e. The van der Waals surface area contributed by atoms with Crippen LogP contribution in [0.15, 0.2) is 34.9 Å². The molecule has 23 heavy (non-hydrogen) atoms. The highest BCUT2D eigenvalue weighted by molar-refractivity contribution is 7.88. The maximum atomic E-state index is 11.8. The van der Waals surface area contributed by atoms with Gasteiger partial charge in [-0.2, -0.15) is 4.31 Å². The first kappa shape index (κ1) is 16.0. The van der Waals surface area contributed by atoms with Crippen LogP contribution in [0.4, 0.5) is 0 Å². The van der Waals surface area contributed by atoms with Crippen LogP contribution in [-0.4, -0.2) is 37.6 Å². The fourth-order valence-electron chi connectivity index (χ4n) is 2.89. The minimum absolute atomic E-state index is 0.283. The van der Waals surface area contributed by atoms with Crippen molar-refractivity contribution in [1.82, 2.24) is 9.29 Å². The van der Waals surface area contributed by atoms with Crippen LogP contribution in [0.25, 0.3) is 0 Å². The Morgan fingerprint density at radius 2 is 2.09 bits per heavy atom. The molecule has 0 spiro atoms. The highest BCUT2D eigenvalue weighted by atomic mass is 32.2. The third kappa shape index (κ3) is 3.56. The lowest BCUT2D eigenvalue weighted by molar-refractivity contribution is 0.323. The molecule has 124 valence electrons. The SMILES string of the molecule is COc1ccc(Cc2cnc([C@@H]3CCCN3S(C)(=O)=O)o2)cc1. The average molecular weight is 336 g/mol. The molecule has 0 aliphatic carbocycles. The third-order valence-electron chi connectivity index (χ3n) is 4.02. The summed E-state index contributed by atoms with van der Waals surface area (Å²) in [5, 5.41) is 0. The fourth-order valence-corrected chi connectivity index (χ4v) is 4.01. The van der Waals surface area contributed by atoms with Crippen molar-refractivity contribution in [2.24, 2.45) is 0 Å². The normalized spacial score (nSPS) is 19.1. The van der Waals surface area contributed by atoms with Gasteiger partial charge in [-0.1, -0.05) is 12.1 Å². The molecule has 0 bridgehead atoms. The van der Waals surface area contributed by atoms with Crippen molar-refractivity contribution in [1.29, 1.82) is 0 Å². The number of hydrogen-bond donors (Lipinski definition) is 0. The lowest BCUT2D eigenvalue weighted by Gasteiger charge is -2.19. The molecular formula is C16H20N2O4S. The molecule has 0 unspecified atom stereocenters. The van der Waals surface area contributed by atoms with Crippen LogP contribution in [0.2, 0.25) is 0 Å². The van der Waals surface area contributed by atoms with Crippen molar-refractivity contribution in [3.63, 3.8) is 0 Å². The van der Waals surface area contributed by atoms with Gasteiger partial charge >= 0.3 is 0 Å². The van der Waals surface area contributed by atoms with Gasteiger partial charge in [-0.25, -0.2) is 13.4 Å². The van der Waals surface area contributed by atoms with Crippen molar-refractivity contribution < 1.29 is 17.6 Å². The molecule has 1 aromatic heterocycles. The van der Waals surface area contributed by atoms with Gasteiger partial charge in [-0.3, -0.25) is 0 Å². The van der Waals surface area contributed by atoms with Gasteiger partial charge in [-0.15, -0.1) is 0 Å². The van der Waals surface area contributed by atoms with Crippen molar-refractivity contribution in [3.8, 4) is 5.75 Å². The van der Waals surface area contributed by atoms with Crippen LogP contribution in [0.3, 0.4) is 0 Å². The molecule has 7 heteroatoms. The summed E-state index contributed by atoms with van der Waals surface area (Å²) in [4.78, 5) is 4.29. The second-order valence-electron chi connectivity index (χ2n) is 5.72. The summed E-state index contributed by atoms with van der Waals surface area (Å²) in [5.41, 5.74) is 1.08. The Kier molecular flexibility index (Phi) is 4.41. The predicted molar refractivity (Wildman–Crippen MR) is 85.8 cm³/mol. The number of methoxy groups -OCH3 is 1. The second-order valence-corrected chi connectivity index (χ2v) is 7.66. The highest BCUT2D eigenvalue weighted by Crippen LogP contribution is 2.33. The van der Waals surface area contributed by atoms with Crippen LogP contribution in [0, 0.1) is 0 Å². The van der Waals surface area contributed by atoms with Crippen molar-refractivity contribution >= 4 is 10.0 Å². The first-order valence-corrected chi connectivity index (χ1v) is 9.36. The summed E-state index contributed by atoms with van der Waals surface area (Å²) < 4.78 is 36.0. The van der Waals surface area contributed by atoms with E-state index in [1.54, 1.807) is 13.3 Å². The second kappa shape index (κ2) is 6.33. The summed E-state index contributed by atoms with van der Waals surface area (Å²) in [6.07, 6.45) is 5.09. The summed E-state index contributed by atoms with van der Waals surface area (Å²) in [7, 11) is -1.61.